The van der Waals surface area contributed by atoms with E-state index in [1.54, 1.807) is 9.13 Å². The van der Waals surface area contributed by atoms with Gasteiger partial charge in [-0.05, 0) is 26.0 Å². The second kappa shape index (κ2) is 4.96. The number of hydrogen-bond acceptors (Lipinski definition) is 3. The fourth-order valence-electron chi connectivity index (χ4n) is 2.55. The number of aromatic nitrogens is 5. The SMILES string of the molecule is CCn1ncnc1Cn1c(=O)n(CC)c2ccccc21. The second-order valence-corrected chi connectivity index (χ2v) is 4.59. The van der Waals surface area contributed by atoms with Crippen molar-refractivity contribution in [2.75, 3.05) is 0 Å². The van der Waals surface area contributed by atoms with E-state index < -0.39 is 0 Å². The molecule has 2 aromatic heterocycles. The Morgan fingerprint density at radius 1 is 1.05 bits per heavy atom. The van der Waals surface area contributed by atoms with Gasteiger partial charge in [0.1, 0.15) is 12.2 Å². The van der Waals surface area contributed by atoms with Gasteiger partial charge in [-0.25, -0.2) is 14.5 Å². The maximum Gasteiger partial charge on any atom is 0.329 e. The number of benzene rings is 1. The first-order chi connectivity index (χ1) is 9.76. The number of para-hydroxylation sites is 2. The van der Waals surface area contributed by atoms with Crippen LogP contribution in [0.25, 0.3) is 11.0 Å². The summed E-state index contributed by atoms with van der Waals surface area (Å²) in [7, 11) is 0. The molecule has 0 spiro atoms. The molecule has 6 heteroatoms. The van der Waals surface area contributed by atoms with E-state index in [4.69, 9.17) is 0 Å². The molecule has 6 nitrogen and oxygen atoms in total. The Balaban J connectivity index is 2.17. The van der Waals surface area contributed by atoms with Crippen LogP contribution in [-0.2, 0) is 19.6 Å². The molecular weight excluding hydrogens is 254 g/mol. The van der Waals surface area contributed by atoms with E-state index in [0.29, 0.717) is 13.1 Å². The quantitative estimate of drug-likeness (QED) is 0.722. The highest BCUT2D eigenvalue weighted by molar-refractivity contribution is 5.76. The molecule has 0 saturated heterocycles. The third kappa shape index (κ3) is 1.84. The number of nitrogens with zero attached hydrogens (tertiary/aromatic N) is 5. The van der Waals surface area contributed by atoms with Gasteiger partial charge in [-0.1, -0.05) is 12.1 Å². The van der Waals surface area contributed by atoms with Crippen molar-refractivity contribution in [2.45, 2.75) is 33.5 Å². The van der Waals surface area contributed by atoms with Crippen LogP contribution in [0.3, 0.4) is 0 Å². The number of fused-ring (bicyclic) bond motifs is 1. The Morgan fingerprint density at radius 3 is 2.40 bits per heavy atom. The minimum atomic E-state index is -0.000599. The lowest BCUT2D eigenvalue weighted by Crippen LogP contribution is -2.25. The summed E-state index contributed by atoms with van der Waals surface area (Å²) in [6.07, 6.45) is 1.53. The van der Waals surface area contributed by atoms with Gasteiger partial charge in [0.25, 0.3) is 0 Å². The zero-order valence-electron chi connectivity index (χ0n) is 11.7. The molecule has 3 rings (SSSR count). The Labute approximate surface area is 116 Å². The zero-order chi connectivity index (χ0) is 14.1. The Kier molecular flexibility index (Phi) is 3.14. The predicted octanol–water partition coefficient (Wildman–Crippen LogP) is 1.48. The van der Waals surface area contributed by atoms with Crippen LogP contribution in [0.2, 0.25) is 0 Å². The lowest BCUT2D eigenvalue weighted by atomic mass is 10.3. The molecular formula is C14H17N5O. The van der Waals surface area contributed by atoms with Crippen LogP contribution in [-0.4, -0.2) is 23.9 Å². The smallest absolute Gasteiger partial charge is 0.292 e. The van der Waals surface area contributed by atoms with Crippen LogP contribution in [0.4, 0.5) is 0 Å². The Hall–Kier alpha value is -2.37. The van der Waals surface area contributed by atoms with E-state index in [2.05, 4.69) is 10.1 Å². The van der Waals surface area contributed by atoms with E-state index in [-0.39, 0.29) is 5.69 Å². The molecule has 2 heterocycles. The topological polar surface area (TPSA) is 57.6 Å². The summed E-state index contributed by atoms with van der Waals surface area (Å²) in [5.74, 6) is 0.800. The number of imidazole rings is 1. The van der Waals surface area contributed by atoms with E-state index in [1.807, 2.05) is 42.8 Å². The van der Waals surface area contributed by atoms with Crippen molar-refractivity contribution in [3.05, 3.63) is 46.9 Å². The summed E-state index contributed by atoms with van der Waals surface area (Å²) in [6, 6.07) is 7.84. The lowest BCUT2D eigenvalue weighted by Gasteiger charge is -2.04. The minimum Gasteiger partial charge on any atom is -0.292 e. The molecule has 1 aromatic carbocycles. The zero-order valence-corrected chi connectivity index (χ0v) is 11.7. The molecule has 0 aliphatic carbocycles. The van der Waals surface area contributed by atoms with E-state index in [1.165, 1.54) is 6.33 Å². The van der Waals surface area contributed by atoms with Crippen molar-refractivity contribution in [3.8, 4) is 0 Å². The van der Waals surface area contributed by atoms with E-state index >= 15 is 0 Å². The maximum atomic E-state index is 12.5. The van der Waals surface area contributed by atoms with Gasteiger partial charge in [-0.3, -0.25) is 9.13 Å². The van der Waals surface area contributed by atoms with Crippen molar-refractivity contribution < 1.29 is 0 Å². The van der Waals surface area contributed by atoms with Gasteiger partial charge in [-0.2, -0.15) is 5.10 Å². The number of hydrogen-bond donors (Lipinski definition) is 0. The molecule has 0 atom stereocenters. The van der Waals surface area contributed by atoms with Crippen molar-refractivity contribution in [1.29, 1.82) is 0 Å². The molecule has 0 aliphatic rings. The molecule has 0 unspecified atom stereocenters. The highest BCUT2D eigenvalue weighted by atomic mass is 16.1. The molecule has 0 N–H and O–H groups in total. The van der Waals surface area contributed by atoms with Crippen LogP contribution in [0.15, 0.2) is 35.4 Å². The highest BCUT2D eigenvalue weighted by Crippen LogP contribution is 2.13. The first-order valence-corrected chi connectivity index (χ1v) is 6.81. The highest BCUT2D eigenvalue weighted by Gasteiger charge is 2.13. The largest absolute Gasteiger partial charge is 0.329 e. The molecule has 0 fully saturated rings. The molecule has 0 amide bonds. The standard InChI is InChI=1S/C14H17N5O/c1-3-17-11-7-5-6-8-12(11)18(14(17)20)9-13-15-10-16-19(13)4-2/h5-8,10H,3-4,9H2,1-2H3. The predicted molar refractivity (Wildman–Crippen MR) is 76.7 cm³/mol. The van der Waals surface area contributed by atoms with Crippen LogP contribution < -0.4 is 5.69 Å². The lowest BCUT2D eigenvalue weighted by molar-refractivity contribution is 0.583. The molecule has 0 saturated carbocycles. The molecule has 20 heavy (non-hydrogen) atoms. The van der Waals surface area contributed by atoms with Gasteiger partial charge in [0, 0.05) is 13.1 Å². The van der Waals surface area contributed by atoms with Crippen molar-refractivity contribution >= 4 is 11.0 Å². The first-order valence-electron chi connectivity index (χ1n) is 6.81. The van der Waals surface area contributed by atoms with Gasteiger partial charge in [-0.15, -0.1) is 0 Å². The molecule has 0 radical (unpaired) electrons. The summed E-state index contributed by atoms with van der Waals surface area (Å²) < 4.78 is 5.35. The van der Waals surface area contributed by atoms with Gasteiger partial charge >= 0.3 is 5.69 Å². The van der Waals surface area contributed by atoms with Gasteiger partial charge in [0.15, 0.2) is 0 Å². The fourth-order valence-corrected chi connectivity index (χ4v) is 2.55. The molecule has 104 valence electrons. The maximum absolute atomic E-state index is 12.5. The summed E-state index contributed by atoms with van der Waals surface area (Å²) in [4.78, 5) is 16.8. The average molecular weight is 271 g/mol. The molecule has 0 bridgehead atoms. The normalized spacial score (nSPS) is 11.3. The van der Waals surface area contributed by atoms with E-state index in [0.717, 1.165) is 23.4 Å². The van der Waals surface area contributed by atoms with Crippen LogP contribution >= 0.6 is 0 Å². The van der Waals surface area contributed by atoms with Gasteiger partial charge < -0.3 is 0 Å². The fraction of sp³-hybridized carbons (Fsp3) is 0.357. The summed E-state index contributed by atoms with van der Waals surface area (Å²) in [5.41, 5.74) is 1.90. The van der Waals surface area contributed by atoms with Gasteiger partial charge in [0.05, 0.1) is 17.6 Å². The Bertz CT molecular complexity index is 795. The van der Waals surface area contributed by atoms with Crippen LogP contribution in [0.5, 0.6) is 0 Å². The van der Waals surface area contributed by atoms with Crippen LogP contribution in [0, 0.1) is 0 Å². The van der Waals surface area contributed by atoms with E-state index in [9.17, 15) is 4.79 Å². The second-order valence-electron chi connectivity index (χ2n) is 4.59. The van der Waals surface area contributed by atoms with Crippen molar-refractivity contribution in [1.82, 2.24) is 23.9 Å². The summed E-state index contributed by atoms with van der Waals surface area (Å²) >= 11 is 0. The molecule has 0 aliphatic heterocycles. The third-order valence-corrected chi connectivity index (χ3v) is 3.54. The third-order valence-electron chi connectivity index (χ3n) is 3.54. The monoisotopic (exact) mass is 271 g/mol. The first kappa shape index (κ1) is 12.7. The number of aryl methyl sites for hydroxylation is 2. The minimum absolute atomic E-state index is 0.000599. The summed E-state index contributed by atoms with van der Waals surface area (Å²) in [6.45, 7) is 5.84. The van der Waals surface area contributed by atoms with Crippen molar-refractivity contribution in [2.24, 2.45) is 0 Å². The molecule has 3 aromatic rings. The number of rotatable bonds is 4. The average Bonchev–Trinajstić information content (AvgIpc) is 3.03. The van der Waals surface area contributed by atoms with Crippen LogP contribution in [0.1, 0.15) is 19.7 Å². The Morgan fingerprint density at radius 2 is 1.75 bits per heavy atom. The van der Waals surface area contributed by atoms with Gasteiger partial charge in [0.2, 0.25) is 0 Å². The van der Waals surface area contributed by atoms with Crippen molar-refractivity contribution in [3.63, 3.8) is 0 Å². The summed E-state index contributed by atoms with van der Waals surface area (Å²) in [5, 5.41) is 4.15.